The summed E-state index contributed by atoms with van der Waals surface area (Å²) in [5.41, 5.74) is 3.01. The Morgan fingerprint density at radius 3 is 2.53 bits per heavy atom. The predicted octanol–water partition coefficient (Wildman–Crippen LogP) is 3.30. The number of nitrogens with zero attached hydrogens (tertiary/aromatic N) is 3. The van der Waals surface area contributed by atoms with Crippen LogP contribution in [0.15, 0.2) is 54.6 Å². The lowest BCUT2D eigenvalue weighted by Gasteiger charge is -2.38. The van der Waals surface area contributed by atoms with Crippen LogP contribution in [0, 0.1) is 11.8 Å². The fourth-order valence-electron chi connectivity index (χ4n) is 4.53. The van der Waals surface area contributed by atoms with E-state index < -0.39 is 5.97 Å². The maximum Gasteiger partial charge on any atom is 0.303 e. The van der Waals surface area contributed by atoms with Gasteiger partial charge in [0.25, 0.3) is 0 Å². The fourth-order valence-corrected chi connectivity index (χ4v) is 4.53. The number of rotatable bonds is 6. The summed E-state index contributed by atoms with van der Waals surface area (Å²) in [6, 6.07) is 17.7. The highest BCUT2D eigenvalue weighted by Gasteiger charge is 2.33. The third-order valence-electron chi connectivity index (χ3n) is 6.20. The van der Waals surface area contributed by atoms with Gasteiger partial charge in [-0.15, -0.1) is 0 Å². The van der Waals surface area contributed by atoms with E-state index in [0.29, 0.717) is 32.4 Å². The average Bonchev–Trinajstić information content (AvgIpc) is 3.05. The number of para-hydroxylation sites is 2. The van der Waals surface area contributed by atoms with Crippen LogP contribution in [0.4, 0.5) is 0 Å². The molecule has 2 aromatic carbocycles. The SMILES string of the molecule is Cn1c(C[C@H]2CN(C(=O)Cc3ccccc3)CC[C@H]2CC(=O)O)nc2ccccc21. The number of aliphatic carboxylic acids is 1. The maximum absolute atomic E-state index is 12.9. The Bertz CT molecular complexity index is 1040. The number of piperidine rings is 1. The second kappa shape index (κ2) is 8.69. The van der Waals surface area contributed by atoms with Gasteiger partial charge in [0.05, 0.1) is 17.5 Å². The number of hydrogen-bond acceptors (Lipinski definition) is 3. The highest BCUT2D eigenvalue weighted by atomic mass is 16.4. The topological polar surface area (TPSA) is 75.4 Å². The molecule has 1 saturated heterocycles. The monoisotopic (exact) mass is 405 g/mol. The molecule has 0 radical (unpaired) electrons. The third kappa shape index (κ3) is 4.37. The van der Waals surface area contributed by atoms with Crippen molar-refractivity contribution in [1.29, 1.82) is 0 Å². The Balaban J connectivity index is 1.52. The average molecular weight is 405 g/mol. The molecule has 0 saturated carbocycles. The number of aromatic nitrogens is 2. The van der Waals surface area contributed by atoms with Crippen molar-refractivity contribution in [1.82, 2.24) is 14.5 Å². The van der Waals surface area contributed by atoms with Gasteiger partial charge in [0.15, 0.2) is 0 Å². The van der Waals surface area contributed by atoms with E-state index in [1.807, 2.05) is 66.5 Å². The molecule has 1 fully saturated rings. The number of carbonyl (C=O) groups excluding carboxylic acids is 1. The Kier molecular flexibility index (Phi) is 5.84. The van der Waals surface area contributed by atoms with Crippen molar-refractivity contribution in [3.63, 3.8) is 0 Å². The molecular formula is C24H27N3O3. The molecule has 1 amide bonds. The number of imidazole rings is 1. The number of likely N-dealkylation sites (tertiary alicyclic amines) is 1. The molecule has 6 nitrogen and oxygen atoms in total. The van der Waals surface area contributed by atoms with E-state index >= 15 is 0 Å². The van der Waals surface area contributed by atoms with E-state index in [1.54, 1.807) is 0 Å². The summed E-state index contributed by atoms with van der Waals surface area (Å²) < 4.78 is 2.08. The van der Waals surface area contributed by atoms with Gasteiger partial charge in [-0.05, 0) is 36.0 Å². The largest absolute Gasteiger partial charge is 0.481 e. The number of carboxylic acid groups (broad SMARTS) is 1. The molecule has 1 aliphatic heterocycles. The van der Waals surface area contributed by atoms with Crippen LogP contribution >= 0.6 is 0 Å². The molecule has 1 N–H and O–H groups in total. The third-order valence-corrected chi connectivity index (χ3v) is 6.20. The minimum atomic E-state index is -0.779. The molecule has 3 aromatic rings. The lowest BCUT2D eigenvalue weighted by molar-refractivity contribution is -0.139. The van der Waals surface area contributed by atoms with Gasteiger partial charge in [-0.25, -0.2) is 4.98 Å². The zero-order valence-corrected chi connectivity index (χ0v) is 17.2. The van der Waals surface area contributed by atoms with Gasteiger partial charge in [-0.2, -0.15) is 0 Å². The highest BCUT2D eigenvalue weighted by Crippen LogP contribution is 2.30. The van der Waals surface area contributed by atoms with E-state index in [1.165, 1.54) is 0 Å². The smallest absolute Gasteiger partial charge is 0.303 e. The summed E-state index contributed by atoms with van der Waals surface area (Å²) in [7, 11) is 2.00. The summed E-state index contributed by atoms with van der Waals surface area (Å²) in [5, 5.41) is 9.39. The van der Waals surface area contributed by atoms with Crippen LogP contribution in [0.2, 0.25) is 0 Å². The molecule has 1 aromatic heterocycles. The molecule has 6 heteroatoms. The highest BCUT2D eigenvalue weighted by molar-refractivity contribution is 5.79. The van der Waals surface area contributed by atoms with E-state index in [9.17, 15) is 14.7 Å². The van der Waals surface area contributed by atoms with E-state index in [-0.39, 0.29) is 24.2 Å². The van der Waals surface area contributed by atoms with E-state index in [0.717, 1.165) is 22.4 Å². The molecule has 156 valence electrons. The first kappa shape index (κ1) is 20.1. The van der Waals surface area contributed by atoms with Gasteiger partial charge in [-0.1, -0.05) is 42.5 Å². The van der Waals surface area contributed by atoms with Gasteiger partial charge in [0.1, 0.15) is 5.82 Å². The van der Waals surface area contributed by atoms with E-state index in [2.05, 4.69) is 4.57 Å². The normalized spacial score (nSPS) is 19.2. The number of carboxylic acids is 1. The van der Waals surface area contributed by atoms with Crippen molar-refractivity contribution in [2.24, 2.45) is 18.9 Å². The summed E-state index contributed by atoms with van der Waals surface area (Å²) >= 11 is 0. The first-order valence-electron chi connectivity index (χ1n) is 10.4. The Labute approximate surface area is 176 Å². The Morgan fingerprint density at radius 1 is 1.07 bits per heavy atom. The van der Waals surface area contributed by atoms with Crippen molar-refractivity contribution in [2.75, 3.05) is 13.1 Å². The zero-order valence-electron chi connectivity index (χ0n) is 17.2. The number of carbonyl (C=O) groups is 2. The van der Waals surface area contributed by atoms with Crippen molar-refractivity contribution in [3.05, 3.63) is 66.0 Å². The van der Waals surface area contributed by atoms with E-state index in [4.69, 9.17) is 4.98 Å². The standard InChI is InChI=1S/C24H27N3O3/c1-26-21-10-6-5-9-20(21)25-22(26)14-19-16-27(12-11-18(19)15-24(29)30)23(28)13-17-7-3-2-4-8-17/h2-10,18-19H,11-16H2,1H3,(H,29,30)/t18-,19-/m0/s1. The first-order valence-corrected chi connectivity index (χ1v) is 10.4. The molecular weight excluding hydrogens is 378 g/mol. The first-order chi connectivity index (χ1) is 14.5. The molecule has 0 unspecified atom stereocenters. The quantitative estimate of drug-likeness (QED) is 0.683. The van der Waals surface area contributed by atoms with Crippen LogP contribution < -0.4 is 0 Å². The lowest BCUT2D eigenvalue weighted by Crippen LogP contribution is -2.45. The number of benzene rings is 2. The van der Waals surface area contributed by atoms with Gasteiger partial charge >= 0.3 is 5.97 Å². The lowest BCUT2D eigenvalue weighted by atomic mass is 9.80. The molecule has 2 atom stereocenters. The minimum Gasteiger partial charge on any atom is -0.481 e. The van der Waals surface area contributed by atoms with Crippen LogP contribution in [-0.2, 0) is 29.5 Å². The molecule has 4 rings (SSSR count). The molecule has 1 aliphatic rings. The van der Waals surface area contributed by atoms with Crippen LogP contribution in [0.3, 0.4) is 0 Å². The zero-order chi connectivity index (χ0) is 21.1. The Morgan fingerprint density at radius 2 is 1.80 bits per heavy atom. The maximum atomic E-state index is 12.9. The molecule has 30 heavy (non-hydrogen) atoms. The number of hydrogen-bond donors (Lipinski definition) is 1. The summed E-state index contributed by atoms with van der Waals surface area (Å²) in [5.74, 6) is 0.381. The fraction of sp³-hybridized carbons (Fsp3) is 0.375. The minimum absolute atomic E-state index is 0.0445. The molecule has 0 bridgehead atoms. The van der Waals surface area contributed by atoms with Crippen LogP contribution in [-0.4, -0.2) is 44.5 Å². The van der Waals surface area contributed by atoms with Gasteiger partial charge < -0.3 is 14.6 Å². The van der Waals surface area contributed by atoms with Crippen molar-refractivity contribution >= 4 is 22.9 Å². The summed E-state index contributed by atoms with van der Waals surface area (Å²) in [4.78, 5) is 31.0. The summed E-state index contributed by atoms with van der Waals surface area (Å²) in [6.45, 7) is 1.19. The molecule has 0 spiro atoms. The molecule has 2 heterocycles. The summed E-state index contributed by atoms with van der Waals surface area (Å²) in [6.07, 6.45) is 1.89. The van der Waals surface area contributed by atoms with Crippen molar-refractivity contribution in [3.8, 4) is 0 Å². The second-order valence-electron chi connectivity index (χ2n) is 8.19. The number of fused-ring (bicyclic) bond motifs is 1. The van der Waals surface area contributed by atoms with Crippen LogP contribution in [0.25, 0.3) is 11.0 Å². The molecule has 0 aliphatic carbocycles. The van der Waals surface area contributed by atoms with Crippen LogP contribution in [0.1, 0.15) is 24.2 Å². The van der Waals surface area contributed by atoms with Gasteiger partial charge in [-0.3, -0.25) is 9.59 Å². The number of aryl methyl sites for hydroxylation is 1. The van der Waals surface area contributed by atoms with Crippen LogP contribution in [0.5, 0.6) is 0 Å². The van der Waals surface area contributed by atoms with Crippen molar-refractivity contribution < 1.29 is 14.7 Å². The van der Waals surface area contributed by atoms with Crippen molar-refractivity contribution in [2.45, 2.75) is 25.7 Å². The second-order valence-corrected chi connectivity index (χ2v) is 8.19. The van der Waals surface area contributed by atoms with Gasteiger partial charge in [0.2, 0.25) is 5.91 Å². The predicted molar refractivity (Wildman–Crippen MR) is 115 cm³/mol. The number of amides is 1. The Hall–Kier alpha value is -3.15. The van der Waals surface area contributed by atoms with Gasteiger partial charge in [0, 0.05) is 33.0 Å².